The van der Waals surface area contributed by atoms with Crippen molar-refractivity contribution in [2.24, 2.45) is 4.99 Å². The van der Waals surface area contributed by atoms with Gasteiger partial charge in [-0.05, 0) is 19.1 Å². The summed E-state index contributed by atoms with van der Waals surface area (Å²) in [6.45, 7) is 5.39. The summed E-state index contributed by atoms with van der Waals surface area (Å²) in [5.41, 5.74) is 1.18. The third-order valence-electron chi connectivity index (χ3n) is 2.79. The van der Waals surface area contributed by atoms with Gasteiger partial charge in [0.25, 0.3) is 0 Å². The number of hydrogen-bond acceptors (Lipinski definition) is 6. The number of nitrogens with zero attached hydrogens (tertiary/aromatic N) is 2. The third kappa shape index (κ3) is 3.55. The van der Waals surface area contributed by atoms with E-state index in [1.165, 1.54) is 6.92 Å². The minimum absolute atomic E-state index is 0.211. The Kier molecular flexibility index (Phi) is 4.98. The molecule has 2 rings (SSSR count). The molecule has 22 heavy (non-hydrogen) atoms. The number of para-hydroxylation sites is 1. The highest BCUT2D eigenvalue weighted by molar-refractivity contribution is 6.03. The number of fused-ring (bicyclic) bond motifs is 1. The third-order valence-corrected chi connectivity index (χ3v) is 2.79. The van der Waals surface area contributed by atoms with Crippen LogP contribution in [0, 0.1) is 0 Å². The summed E-state index contributed by atoms with van der Waals surface area (Å²) >= 11 is 0. The number of aliphatic imine (C=N–C) groups is 1. The van der Waals surface area contributed by atoms with E-state index >= 15 is 0 Å². The van der Waals surface area contributed by atoms with E-state index in [0.717, 1.165) is 0 Å². The summed E-state index contributed by atoms with van der Waals surface area (Å²) in [7, 11) is 0. The first-order chi connectivity index (χ1) is 10.5. The van der Waals surface area contributed by atoms with Crippen molar-refractivity contribution >= 4 is 29.3 Å². The number of hydrogen-bond donors (Lipinski definition) is 0. The minimum atomic E-state index is -0.968. The van der Waals surface area contributed by atoms with Crippen LogP contribution in [0.1, 0.15) is 37.6 Å². The first kappa shape index (κ1) is 15.8. The largest absolute Gasteiger partial charge is 0.464 e. The van der Waals surface area contributed by atoms with Crippen LogP contribution in [0.15, 0.2) is 23.2 Å². The lowest BCUT2D eigenvalue weighted by molar-refractivity contribution is -0.165. The summed E-state index contributed by atoms with van der Waals surface area (Å²) in [4.78, 5) is 27.5. The number of ether oxygens (including phenoxy) is 3. The minimum Gasteiger partial charge on any atom is -0.464 e. The van der Waals surface area contributed by atoms with Crippen LogP contribution in [0.25, 0.3) is 0 Å². The second kappa shape index (κ2) is 6.93. The van der Waals surface area contributed by atoms with Crippen LogP contribution in [0.5, 0.6) is 0 Å². The maximum atomic E-state index is 12.2. The molecule has 0 spiro atoms. The van der Waals surface area contributed by atoms with Gasteiger partial charge in [0.2, 0.25) is 6.29 Å². The summed E-state index contributed by atoms with van der Waals surface area (Å²) in [5.74, 6) is -1.07. The SMILES string of the molecule is CCOC1=Nc2cccc(C(=O)OC(C)OC(=O)CC)c2[N]1. The van der Waals surface area contributed by atoms with Gasteiger partial charge < -0.3 is 14.2 Å². The van der Waals surface area contributed by atoms with E-state index in [2.05, 4.69) is 10.3 Å². The highest BCUT2D eigenvalue weighted by Gasteiger charge is 2.25. The molecule has 1 radical (unpaired) electrons. The van der Waals surface area contributed by atoms with Gasteiger partial charge in [-0.15, -0.1) is 0 Å². The molecule has 0 saturated carbocycles. The summed E-state index contributed by atoms with van der Waals surface area (Å²) in [6, 6.07) is 5.18. The zero-order valence-corrected chi connectivity index (χ0v) is 12.7. The number of benzene rings is 1. The summed E-state index contributed by atoms with van der Waals surface area (Å²) < 4.78 is 15.2. The van der Waals surface area contributed by atoms with E-state index in [0.29, 0.717) is 18.0 Å². The van der Waals surface area contributed by atoms with Crippen molar-refractivity contribution in [3.8, 4) is 0 Å². The van der Waals surface area contributed by atoms with E-state index in [9.17, 15) is 9.59 Å². The fourth-order valence-corrected chi connectivity index (χ4v) is 1.83. The second-order valence-corrected chi connectivity index (χ2v) is 4.43. The zero-order valence-electron chi connectivity index (χ0n) is 12.7. The smallest absolute Gasteiger partial charge is 0.343 e. The monoisotopic (exact) mass is 305 g/mol. The van der Waals surface area contributed by atoms with Crippen molar-refractivity contribution < 1.29 is 23.8 Å². The Morgan fingerprint density at radius 3 is 2.68 bits per heavy atom. The average molecular weight is 305 g/mol. The molecule has 0 N–H and O–H groups in total. The van der Waals surface area contributed by atoms with Crippen LogP contribution in [0.4, 0.5) is 11.4 Å². The molecule has 0 amide bonds. The molecule has 1 aliphatic heterocycles. The first-order valence-electron chi connectivity index (χ1n) is 7.01. The topological polar surface area (TPSA) is 88.3 Å². The van der Waals surface area contributed by atoms with Crippen LogP contribution in [-0.2, 0) is 19.0 Å². The van der Waals surface area contributed by atoms with Gasteiger partial charge in [0.05, 0.1) is 17.9 Å². The Morgan fingerprint density at radius 2 is 2.00 bits per heavy atom. The molecule has 1 aromatic carbocycles. The number of carbonyl (C=O) groups is 2. The molecule has 0 fully saturated rings. The van der Waals surface area contributed by atoms with Gasteiger partial charge in [-0.3, -0.25) is 4.79 Å². The van der Waals surface area contributed by atoms with Gasteiger partial charge in [-0.1, -0.05) is 13.0 Å². The quantitative estimate of drug-likeness (QED) is 0.615. The van der Waals surface area contributed by atoms with Crippen molar-refractivity contribution in [1.29, 1.82) is 0 Å². The predicted molar refractivity (Wildman–Crippen MR) is 78.2 cm³/mol. The number of amidine groups is 1. The van der Waals surface area contributed by atoms with Gasteiger partial charge in [0.15, 0.2) is 0 Å². The lowest BCUT2D eigenvalue weighted by Crippen LogP contribution is -2.22. The van der Waals surface area contributed by atoms with Gasteiger partial charge in [-0.2, -0.15) is 10.3 Å². The van der Waals surface area contributed by atoms with Gasteiger partial charge in [-0.25, -0.2) is 4.79 Å². The van der Waals surface area contributed by atoms with Crippen LogP contribution >= 0.6 is 0 Å². The highest BCUT2D eigenvalue weighted by atomic mass is 16.7. The van der Waals surface area contributed by atoms with E-state index in [4.69, 9.17) is 14.2 Å². The van der Waals surface area contributed by atoms with E-state index in [-0.39, 0.29) is 18.0 Å². The summed E-state index contributed by atoms with van der Waals surface area (Å²) in [6.07, 6.45) is -0.756. The molecule has 1 atom stereocenters. The van der Waals surface area contributed by atoms with E-state index < -0.39 is 18.2 Å². The van der Waals surface area contributed by atoms with Crippen LogP contribution < -0.4 is 5.32 Å². The van der Waals surface area contributed by atoms with Crippen molar-refractivity contribution in [2.75, 3.05) is 6.61 Å². The molecule has 117 valence electrons. The fraction of sp³-hybridized carbons (Fsp3) is 0.400. The summed E-state index contributed by atoms with van der Waals surface area (Å²) in [5, 5.41) is 4.17. The molecule has 0 saturated heterocycles. The van der Waals surface area contributed by atoms with Gasteiger partial charge in [0, 0.05) is 13.3 Å². The van der Waals surface area contributed by atoms with E-state index in [1.807, 2.05) is 6.92 Å². The van der Waals surface area contributed by atoms with Crippen molar-refractivity contribution in [3.63, 3.8) is 0 Å². The van der Waals surface area contributed by atoms with Crippen LogP contribution in [0.2, 0.25) is 0 Å². The lowest BCUT2D eigenvalue weighted by atomic mass is 10.1. The molecule has 7 heteroatoms. The highest BCUT2D eigenvalue weighted by Crippen LogP contribution is 2.34. The molecular formula is C15H17N2O5. The molecule has 0 aliphatic carbocycles. The standard InChI is InChI=1S/C15H17N2O5/c1-4-12(18)21-9(3)22-14(19)10-7-6-8-11-13(10)17-15(16-11)20-5-2/h6-9H,4-5H2,1-3H3. The van der Waals surface area contributed by atoms with E-state index in [1.54, 1.807) is 25.1 Å². The Balaban J connectivity index is 2.08. The van der Waals surface area contributed by atoms with Crippen LogP contribution in [0.3, 0.4) is 0 Å². The average Bonchev–Trinajstić information content (AvgIpc) is 2.89. The number of esters is 2. The molecular weight excluding hydrogens is 288 g/mol. The Bertz CT molecular complexity index is 612. The Morgan fingerprint density at radius 1 is 1.23 bits per heavy atom. The van der Waals surface area contributed by atoms with Gasteiger partial charge >= 0.3 is 18.0 Å². The Labute approximate surface area is 128 Å². The normalized spacial score (nSPS) is 13.5. The Hall–Kier alpha value is -2.57. The molecule has 0 bridgehead atoms. The van der Waals surface area contributed by atoms with Crippen LogP contribution in [-0.4, -0.2) is 30.9 Å². The molecule has 1 heterocycles. The number of rotatable bonds is 5. The molecule has 1 aliphatic rings. The molecule has 7 nitrogen and oxygen atoms in total. The van der Waals surface area contributed by atoms with Crippen molar-refractivity contribution in [3.05, 3.63) is 23.8 Å². The lowest BCUT2D eigenvalue weighted by Gasteiger charge is -2.14. The van der Waals surface area contributed by atoms with Crippen molar-refractivity contribution in [1.82, 2.24) is 5.32 Å². The fourth-order valence-electron chi connectivity index (χ4n) is 1.83. The number of carbonyl (C=O) groups excluding carboxylic acids is 2. The molecule has 1 unspecified atom stereocenters. The van der Waals surface area contributed by atoms with Crippen molar-refractivity contribution in [2.45, 2.75) is 33.5 Å². The predicted octanol–water partition coefficient (Wildman–Crippen LogP) is 2.42. The second-order valence-electron chi connectivity index (χ2n) is 4.43. The zero-order chi connectivity index (χ0) is 16.1. The van der Waals surface area contributed by atoms with Gasteiger partial charge in [0.1, 0.15) is 5.69 Å². The maximum Gasteiger partial charge on any atom is 0.343 e. The first-order valence-corrected chi connectivity index (χ1v) is 7.01. The molecule has 0 aromatic heterocycles. The molecule has 1 aromatic rings. The maximum absolute atomic E-state index is 12.2.